The number of para-hydroxylation sites is 1. The molecule has 0 bridgehead atoms. The molecule has 4 nitrogen and oxygen atoms in total. The average molecular weight is 254 g/mol. The second-order valence-corrected chi connectivity index (χ2v) is 4.09. The summed E-state index contributed by atoms with van der Waals surface area (Å²) in [6.07, 6.45) is -0.566. The first-order valence-corrected chi connectivity index (χ1v) is 6.34. The van der Waals surface area contributed by atoms with Crippen molar-refractivity contribution in [2.45, 2.75) is 32.5 Å². The van der Waals surface area contributed by atoms with Crippen molar-refractivity contribution in [2.24, 2.45) is 0 Å². The van der Waals surface area contributed by atoms with Crippen LogP contribution in [0, 0.1) is 0 Å². The van der Waals surface area contributed by atoms with Crippen LogP contribution in [0.15, 0.2) is 24.3 Å². The van der Waals surface area contributed by atoms with E-state index >= 15 is 0 Å². The van der Waals surface area contributed by atoms with Crippen LogP contribution in [0.3, 0.4) is 0 Å². The Labute approximate surface area is 108 Å². The third-order valence-corrected chi connectivity index (χ3v) is 2.61. The molecule has 1 aromatic carbocycles. The fraction of sp³-hybridized carbons (Fsp3) is 0.571. The van der Waals surface area contributed by atoms with Gasteiger partial charge >= 0.3 is 0 Å². The molecule has 0 amide bonds. The highest BCUT2D eigenvalue weighted by Crippen LogP contribution is 2.26. The number of hydrogen-bond acceptors (Lipinski definition) is 4. The van der Waals surface area contributed by atoms with Crippen LogP contribution >= 0.6 is 0 Å². The lowest BCUT2D eigenvalue weighted by Crippen LogP contribution is -2.23. The molecular formula is C14H22O4. The first kappa shape index (κ1) is 15.0. The highest BCUT2D eigenvalue weighted by atomic mass is 16.5. The van der Waals surface area contributed by atoms with Crippen LogP contribution in [0.1, 0.15) is 31.9 Å². The molecule has 1 aromatic rings. The Bertz CT molecular complexity index is 340. The SMILES string of the molecule is CCOCC(O)COc1ccccc1C(O)CC. The fourth-order valence-corrected chi connectivity index (χ4v) is 1.60. The van der Waals surface area contributed by atoms with Gasteiger partial charge in [-0.25, -0.2) is 0 Å². The molecule has 1 rings (SSSR count). The fourth-order valence-electron chi connectivity index (χ4n) is 1.60. The van der Waals surface area contributed by atoms with Gasteiger partial charge in [-0.2, -0.15) is 0 Å². The number of aliphatic hydroxyl groups excluding tert-OH is 2. The van der Waals surface area contributed by atoms with Gasteiger partial charge in [0, 0.05) is 12.2 Å². The minimum Gasteiger partial charge on any atom is -0.490 e. The summed E-state index contributed by atoms with van der Waals surface area (Å²) in [5.41, 5.74) is 0.753. The summed E-state index contributed by atoms with van der Waals surface area (Å²) < 4.78 is 10.6. The number of ether oxygens (including phenoxy) is 2. The van der Waals surface area contributed by atoms with Crippen molar-refractivity contribution in [3.05, 3.63) is 29.8 Å². The molecule has 4 heteroatoms. The molecule has 0 saturated heterocycles. The third-order valence-electron chi connectivity index (χ3n) is 2.61. The van der Waals surface area contributed by atoms with E-state index in [1.165, 1.54) is 0 Å². The third kappa shape index (κ3) is 4.64. The minimum atomic E-state index is -0.656. The first-order valence-electron chi connectivity index (χ1n) is 6.34. The van der Waals surface area contributed by atoms with Crippen molar-refractivity contribution in [2.75, 3.05) is 19.8 Å². The summed E-state index contributed by atoms with van der Waals surface area (Å²) in [5, 5.41) is 19.5. The second kappa shape index (κ2) is 8.08. The largest absolute Gasteiger partial charge is 0.490 e. The van der Waals surface area contributed by atoms with E-state index in [9.17, 15) is 10.2 Å². The maximum atomic E-state index is 9.85. The average Bonchev–Trinajstić information content (AvgIpc) is 2.42. The molecule has 0 heterocycles. The molecule has 0 aromatic heterocycles. The summed E-state index contributed by atoms with van der Waals surface area (Å²) in [7, 11) is 0. The van der Waals surface area contributed by atoms with Crippen molar-refractivity contribution in [1.82, 2.24) is 0 Å². The van der Waals surface area contributed by atoms with E-state index in [2.05, 4.69) is 0 Å². The smallest absolute Gasteiger partial charge is 0.125 e. The Kier molecular flexibility index (Phi) is 6.72. The number of rotatable bonds is 8. The predicted octanol–water partition coefficient (Wildman–Crippen LogP) is 1.91. The van der Waals surface area contributed by atoms with E-state index in [4.69, 9.17) is 9.47 Å². The van der Waals surface area contributed by atoms with Gasteiger partial charge in [0.2, 0.25) is 0 Å². The maximum absolute atomic E-state index is 9.85. The zero-order chi connectivity index (χ0) is 13.4. The van der Waals surface area contributed by atoms with Gasteiger partial charge in [-0.1, -0.05) is 25.1 Å². The maximum Gasteiger partial charge on any atom is 0.125 e. The highest BCUT2D eigenvalue weighted by Gasteiger charge is 2.12. The molecule has 2 N–H and O–H groups in total. The minimum absolute atomic E-state index is 0.160. The lowest BCUT2D eigenvalue weighted by Gasteiger charge is -2.17. The van der Waals surface area contributed by atoms with Crippen LogP contribution in [0.4, 0.5) is 0 Å². The van der Waals surface area contributed by atoms with Gasteiger partial charge in [0.1, 0.15) is 18.5 Å². The van der Waals surface area contributed by atoms with Crippen molar-refractivity contribution in [3.8, 4) is 5.75 Å². The molecular weight excluding hydrogens is 232 g/mol. The van der Waals surface area contributed by atoms with Gasteiger partial charge < -0.3 is 19.7 Å². The van der Waals surface area contributed by atoms with Crippen molar-refractivity contribution < 1.29 is 19.7 Å². The quantitative estimate of drug-likeness (QED) is 0.744. The molecule has 0 saturated carbocycles. The summed E-state index contributed by atoms with van der Waals surface area (Å²) in [4.78, 5) is 0. The zero-order valence-corrected chi connectivity index (χ0v) is 11.0. The molecule has 0 aliphatic carbocycles. The number of benzene rings is 1. The number of hydrogen-bond donors (Lipinski definition) is 2. The van der Waals surface area contributed by atoms with Crippen molar-refractivity contribution in [3.63, 3.8) is 0 Å². The van der Waals surface area contributed by atoms with Gasteiger partial charge in [-0.3, -0.25) is 0 Å². The van der Waals surface area contributed by atoms with Crippen LogP contribution in [0.5, 0.6) is 5.75 Å². The van der Waals surface area contributed by atoms with Gasteiger partial charge in [0.25, 0.3) is 0 Å². The van der Waals surface area contributed by atoms with E-state index in [-0.39, 0.29) is 13.2 Å². The first-order chi connectivity index (χ1) is 8.69. The van der Waals surface area contributed by atoms with Crippen molar-refractivity contribution in [1.29, 1.82) is 0 Å². The molecule has 0 radical (unpaired) electrons. The van der Waals surface area contributed by atoms with Gasteiger partial charge in [-0.05, 0) is 19.4 Å². The summed E-state index contributed by atoms with van der Waals surface area (Å²) >= 11 is 0. The molecule has 0 aliphatic heterocycles. The van der Waals surface area contributed by atoms with Crippen molar-refractivity contribution >= 4 is 0 Å². The van der Waals surface area contributed by atoms with E-state index in [1.54, 1.807) is 6.07 Å². The Morgan fingerprint density at radius 3 is 2.50 bits per heavy atom. The van der Waals surface area contributed by atoms with Crippen LogP contribution < -0.4 is 4.74 Å². The lowest BCUT2D eigenvalue weighted by molar-refractivity contribution is 0.0157. The molecule has 0 fully saturated rings. The number of aliphatic hydroxyl groups is 2. The predicted molar refractivity (Wildman–Crippen MR) is 69.7 cm³/mol. The molecule has 18 heavy (non-hydrogen) atoms. The van der Waals surface area contributed by atoms with Crippen LogP contribution in [-0.4, -0.2) is 36.1 Å². The van der Waals surface area contributed by atoms with E-state index < -0.39 is 12.2 Å². The van der Waals surface area contributed by atoms with Crippen LogP contribution in [0.2, 0.25) is 0 Å². The van der Waals surface area contributed by atoms with Gasteiger partial charge in [0.15, 0.2) is 0 Å². The lowest BCUT2D eigenvalue weighted by atomic mass is 10.1. The summed E-state index contributed by atoms with van der Waals surface area (Å²) in [6.45, 7) is 4.77. The molecule has 2 unspecified atom stereocenters. The highest BCUT2D eigenvalue weighted by molar-refractivity contribution is 5.35. The van der Waals surface area contributed by atoms with Gasteiger partial charge in [-0.15, -0.1) is 0 Å². The van der Waals surface area contributed by atoms with Crippen LogP contribution in [-0.2, 0) is 4.74 Å². The molecule has 2 atom stereocenters. The summed E-state index contributed by atoms with van der Waals surface area (Å²) in [5.74, 6) is 0.613. The molecule has 0 spiro atoms. The normalized spacial score (nSPS) is 14.2. The Morgan fingerprint density at radius 1 is 1.11 bits per heavy atom. The summed E-state index contributed by atoms with van der Waals surface area (Å²) in [6, 6.07) is 7.33. The molecule has 0 aliphatic rings. The Hall–Kier alpha value is -1.10. The van der Waals surface area contributed by atoms with E-state index in [0.29, 0.717) is 18.8 Å². The zero-order valence-electron chi connectivity index (χ0n) is 11.0. The molecule has 102 valence electrons. The van der Waals surface area contributed by atoms with Crippen LogP contribution in [0.25, 0.3) is 0 Å². The topological polar surface area (TPSA) is 58.9 Å². The second-order valence-electron chi connectivity index (χ2n) is 4.09. The monoisotopic (exact) mass is 254 g/mol. The Balaban J connectivity index is 2.56. The van der Waals surface area contributed by atoms with Gasteiger partial charge in [0.05, 0.1) is 12.7 Å². The Morgan fingerprint density at radius 2 is 1.83 bits per heavy atom. The van der Waals surface area contributed by atoms with E-state index in [1.807, 2.05) is 32.0 Å². The standard InChI is InChI=1S/C14H22O4/c1-3-13(16)12-7-5-6-8-14(12)18-10-11(15)9-17-4-2/h5-8,11,13,15-16H,3-4,9-10H2,1-2H3. The van der Waals surface area contributed by atoms with E-state index in [0.717, 1.165) is 5.56 Å².